The first-order valence-corrected chi connectivity index (χ1v) is 14.0. The van der Waals surface area contributed by atoms with Gasteiger partial charge in [0.2, 0.25) is 0 Å². The van der Waals surface area contributed by atoms with Crippen molar-refractivity contribution in [2.45, 2.75) is 52.5 Å². The molecule has 2 aromatic carbocycles. The van der Waals surface area contributed by atoms with E-state index in [1.807, 2.05) is 0 Å². The Morgan fingerprint density at radius 3 is 2.26 bits per heavy atom. The van der Waals surface area contributed by atoms with Gasteiger partial charge in [-0.25, -0.2) is 0 Å². The molecule has 2 aromatic rings. The van der Waals surface area contributed by atoms with E-state index in [1.54, 1.807) is 7.11 Å². The van der Waals surface area contributed by atoms with Gasteiger partial charge in [0.05, 0.1) is 8.07 Å². The summed E-state index contributed by atoms with van der Waals surface area (Å²) in [5.74, 6) is 1.02. The van der Waals surface area contributed by atoms with Gasteiger partial charge in [-0.05, 0) is 36.8 Å². The lowest BCUT2D eigenvalue weighted by Crippen LogP contribution is -2.40. The lowest BCUT2D eigenvalue weighted by Gasteiger charge is -2.24. The number of hydrogen-bond acceptors (Lipinski definition) is 3. The quantitative estimate of drug-likeness (QED) is 0.414. The topological polar surface area (TPSA) is 30.5 Å². The van der Waals surface area contributed by atoms with Gasteiger partial charge >= 0.3 is 0 Å². The van der Waals surface area contributed by atoms with E-state index in [9.17, 15) is 0 Å². The van der Waals surface area contributed by atoms with Crippen LogP contribution in [0.25, 0.3) is 0 Å². The maximum absolute atomic E-state index is 6.07. The first kappa shape index (κ1) is 22.1. The van der Waals surface area contributed by atoms with Crippen molar-refractivity contribution in [2.24, 2.45) is 0 Å². The third-order valence-electron chi connectivity index (χ3n) is 4.24. The highest BCUT2D eigenvalue weighted by molar-refractivity contribution is 7.56. The van der Waals surface area contributed by atoms with Gasteiger partial charge in [0.25, 0.3) is 0 Å². The summed E-state index contributed by atoms with van der Waals surface area (Å²) in [5.41, 5.74) is 1.45. The predicted molar refractivity (Wildman–Crippen MR) is 123 cm³/mol. The average molecular weight is 404 g/mol. The van der Waals surface area contributed by atoms with Gasteiger partial charge in [0.1, 0.15) is 5.75 Å². The molecule has 0 saturated heterocycles. The van der Waals surface area contributed by atoms with Crippen LogP contribution in [0.2, 0.25) is 19.6 Å². The van der Waals surface area contributed by atoms with Crippen molar-refractivity contribution in [3.63, 3.8) is 0 Å². The van der Waals surface area contributed by atoms with Crippen molar-refractivity contribution in [3.8, 4) is 5.75 Å². The SMILES string of the molecule is COCOc1c(Pc2ccccc2CNC(C)(C)C)cccc1[Si](C)(C)C. The molecule has 0 spiro atoms. The summed E-state index contributed by atoms with van der Waals surface area (Å²) in [6.45, 7) is 14.8. The van der Waals surface area contributed by atoms with Gasteiger partial charge in [-0.2, -0.15) is 0 Å². The second-order valence-corrected chi connectivity index (χ2v) is 15.2. The Hall–Kier alpha value is -1.19. The number of methoxy groups -OCH3 is 1. The van der Waals surface area contributed by atoms with Crippen LogP contribution in [0, 0.1) is 0 Å². The largest absolute Gasteiger partial charge is 0.467 e. The molecule has 1 unspecified atom stereocenters. The molecule has 0 bridgehead atoms. The van der Waals surface area contributed by atoms with Crippen LogP contribution in [0.5, 0.6) is 5.75 Å². The monoisotopic (exact) mass is 403 g/mol. The third-order valence-corrected chi connectivity index (χ3v) is 7.67. The summed E-state index contributed by atoms with van der Waals surface area (Å²) in [7, 11) is 0.711. The van der Waals surface area contributed by atoms with Crippen molar-refractivity contribution < 1.29 is 9.47 Å². The van der Waals surface area contributed by atoms with E-state index < -0.39 is 8.07 Å². The van der Waals surface area contributed by atoms with Crippen molar-refractivity contribution >= 4 is 32.5 Å². The van der Waals surface area contributed by atoms with Crippen LogP contribution in [-0.4, -0.2) is 27.5 Å². The highest BCUT2D eigenvalue weighted by atomic mass is 31.1. The van der Waals surface area contributed by atoms with Crippen LogP contribution in [0.3, 0.4) is 0 Å². The lowest BCUT2D eigenvalue weighted by molar-refractivity contribution is 0.0526. The minimum atomic E-state index is -1.52. The molecule has 0 fully saturated rings. The highest BCUT2D eigenvalue weighted by Crippen LogP contribution is 2.22. The molecule has 3 nitrogen and oxygen atoms in total. The molecule has 0 aliphatic rings. The maximum Gasteiger partial charge on any atom is 0.188 e. The molecule has 0 aliphatic heterocycles. The molecule has 0 heterocycles. The van der Waals surface area contributed by atoms with E-state index in [1.165, 1.54) is 21.4 Å². The molecule has 27 heavy (non-hydrogen) atoms. The van der Waals surface area contributed by atoms with Crippen molar-refractivity contribution in [1.29, 1.82) is 0 Å². The third kappa shape index (κ3) is 6.72. The summed E-state index contributed by atoms with van der Waals surface area (Å²) in [4.78, 5) is 0. The zero-order valence-electron chi connectivity index (χ0n) is 17.8. The number of ether oxygens (including phenoxy) is 2. The van der Waals surface area contributed by atoms with E-state index in [0.29, 0.717) is 8.58 Å². The fourth-order valence-corrected chi connectivity index (χ4v) is 5.71. The summed E-state index contributed by atoms with van der Waals surface area (Å²) in [6, 6.07) is 15.3. The standard InChI is InChI=1S/C22H34NO2PSi/c1-22(2,3)23-15-17-11-8-9-12-18(17)26-19-13-10-14-20(27(5,6)7)21(19)25-16-24-4/h8-14,23,26H,15-16H2,1-7H3. The van der Waals surface area contributed by atoms with Crippen LogP contribution in [0.4, 0.5) is 0 Å². The molecular formula is C22H34NO2PSi. The second kappa shape index (κ2) is 9.34. The number of para-hydroxylation sites is 1. The maximum atomic E-state index is 6.07. The van der Waals surface area contributed by atoms with Gasteiger partial charge in [0.15, 0.2) is 6.79 Å². The fourth-order valence-electron chi connectivity index (χ4n) is 2.80. The van der Waals surface area contributed by atoms with Gasteiger partial charge in [-0.3, -0.25) is 0 Å². The highest BCUT2D eigenvalue weighted by Gasteiger charge is 2.23. The smallest absolute Gasteiger partial charge is 0.188 e. The van der Waals surface area contributed by atoms with Crippen LogP contribution in [0.15, 0.2) is 42.5 Å². The van der Waals surface area contributed by atoms with E-state index >= 15 is 0 Å². The molecule has 0 radical (unpaired) electrons. The zero-order chi connectivity index (χ0) is 20.1. The molecule has 2 rings (SSSR count). The fraction of sp³-hybridized carbons (Fsp3) is 0.455. The van der Waals surface area contributed by atoms with Crippen molar-refractivity contribution in [2.75, 3.05) is 13.9 Å². The number of nitrogens with one attached hydrogen (secondary N) is 1. The molecule has 0 amide bonds. The summed E-state index contributed by atoms with van der Waals surface area (Å²) >= 11 is 0. The average Bonchev–Trinajstić information content (AvgIpc) is 2.58. The molecule has 0 aromatic heterocycles. The Bertz CT molecular complexity index is 751. The van der Waals surface area contributed by atoms with Crippen molar-refractivity contribution in [3.05, 3.63) is 48.0 Å². The van der Waals surface area contributed by atoms with Gasteiger partial charge in [0, 0.05) is 24.5 Å². The van der Waals surface area contributed by atoms with Crippen molar-refractivity contribution in [1.82, 2.24) is 5.32 Å². The normalized spacial score (nSPS) is 12.7. The second-order valence-electron chi connectivity index (χ2n) is 8.87. The Labute approximate surface area is 167 Å². The Balaban J connectivity index is 2.37. The van der Waals surface area contributed by atoms with Crippen LogP contribution >= 0.6 is 8.58 Å². The molecule has 0 saturated carbocycles. The summed E-state index contributed by atoms with van der Waals surface area (Å²) in [6.07, 6.45) is 0. The molecule has 148 valence electrons. The number of hydrogen-bond donors (Lipinski definition) is 1. The Kier molecular flexibility index (Phi) is 7.64. The zero-order valence-corrected chi connectivity index (χ0v) is 19.8. The molecular weight excluding hydrogens is 369 g/mol. The first-order valence-electron chi connectivity index (χ1n) is 9.47. The summed E-state index contributed by atoms with van der Waals surface area (Å²) in [5, 5.41) is 7.59. The lowest BCUT2D eigenvalue weighted by atomic mass is 10.1. The van der Waals surface area contributed by atoms with Gasteiger partial charge < -0.3 is 14.8 Å². The van der Waals surface area contributed by atoms with E-state index in [4.69, 9.17) is 9.47 Å². The predicted octanol–water partition coefficient (Wildman–Crippen LogP) is 3.73. The van der Waals surface area contributed by atoms with Crippen LogP contribution in [-0.2, 0) is 11.3 Å². The minimum absolute atomic E-state index is 0.0979. The minimum Gasteiger partial charge on any atom is -0.467 e. The first-order chi connectivity index (χ1) is 12.6. The Morgan fingerprint density at radius 1 is 0.963 bits per heavy atom. The molecule has 1 atom stereocenters. The molecule has 5 heteroatoms. The van der Waals surface area contributed by atoms with Crippen LogP contribution < -0.4 is 25.8 Å². The van der Waals surface area contributed by atoms with Crippen LogP contribution in [0.1, 0.15) is 26.3 Å². The Morgan fingerprint density at radius 2 is 1.63 bits per heavy atom. The van der Waals surface area contributed by atoms with Gasteiger partial charge in [-0.1, -0.05) is 70.7 Å². The summed E-state index contributed by atoms with van der Waals surface area (Å²) < 4.78 is 11.3. The van der Waals surface area contributed by atoms with E-state index in [2.05, 4.69) is 88.2 Å². The van der Waals surface area contributed by atoms with E-state index in [0.717, 1.165) is 12.3 Å². The molecule has 0 aliphatic carbocycles. The number of rotatable bonds is 8. The van der Waals surface area contributed by atoms with Gasteiger partial charge in [-0.15, -0.1) is 0 Å². The molecule has 1 N–H and O–H groups in total. The number of benzene rings is 2. The van der Waals surface area contributed by atoms with E-state index in [-0.39, 0.29) is 12.3 Å².